The number of hydrogen-bond donors (Lipinski definition) is 0. The van der Waals surface area contributed by atoms with Gasteiger partial charge < -0.3 is 0 Å². The van der Waals surface area contributed by atoms with Crippen LogP contribution >= 0.6 is 0 Å². The average molecular weight is 276 g/mol. The first-order valence-electron chi connectivity index (χ1n) is 6.88. The van der Waals surface area contributed by atoms with Gasteiger partial charge in [-0.05, 0) is 45.2 Å². The molecule has 1 unspecified atom stereocenters. The monoisotopic (exact) mass is 276 g/mol. The second-order valence-corrected chi connectivity index (χ2v) is 6.38. The fourth-order valence-corrected chi connectivity index (χ4v) is 3.28. The minimum atomic E-state index is -1.05. The van der Waals surface area contributed by atoms with Gasteiger partial charge in [0.1, 0.15) is 0 Å². The highest BCUT2D eigenvalue weighted by atomic mass is 32.2. The normalized spacial score (nSPS) is 13.8. The Kier molecular flexibility index (Phi) is 6.79. The molecule has 2 heteroatoms. The van der Waals surface area contributed by atoms with E-state index in [1.165, 1.54) is 11.1 Å². The largest absolute Gasteiger partial charge is 0.249 e. The van der Waals surface area contributed by atoms with Crippen LogP contribution in [0.2, 0.25) is 0 Å². The van der Waals surface area contributed by atoms with Gasteiger partial charge in [0.15, 0.2) is 0 Å². The number of aryl methyl sites for hydroxylation is 1. The first kappa shape index (κ1) is 15.9. The van der Waals surface area contributed by atoms with Gasteiger partial charge in [-0.15, -0.1) is 6.58 Å². The molecule has 0 bridgehead atoms. The van der Waals surface area contributed by atoms with Crippen molar-refractivity contribution in [2.24, 2.45) is 0 Å². The van der Waals surface area contributed by atoms with E-state index in [1.807, 2.05) is 37.3 Å². The Balaban J connectivity index is 3.01. The third kappa shape index (κ3) is 4.79. The molecular formula is C17H24OS. The van der Waals surface area contributed by atoms with Crippen molar-refractivity contribution in [1.29, 1.82) is 0 Å². The highest BCUT2D eigenvalue weighted by Gasteiger charge is 2.12. The predicted molar refractivity (Wildman–Crippen MR) is 84.6 cm³/mol. The van der Waals surface area contributed by atoms with Crippen molar-refractivity contribution in [3.05, 3.63) is 53.0 Å². The zero-order valence-corrected chi connectivity index (χ0v) is 13.1. The summed E-state index contributed by atoms with van der Waals surface area (Å²) in [4.78, 5) is 1.91. The van der Waals surface area contributed by atoms with Crippen molar-refractivity contribution in [1.82, 2.24) is 0 Å². The Morgan fingerprint density at radius 2 is 1.95 bits per heavy atom. The van der Waals surface area contributed by atoms with E-state index in [2.05, 4.69) is 20.4 Å². The molecule has 0 N–H and O–H groups in total. The molecule has 0 amide bonds. The zero-order valence-electron chi connectivity index (χ0n) is 12.2. The van der Waals surface area contributed by atoms with Gasteiger partial charge in [0.05, 0.1) is 10.8 Å². The number of hydrogen-bond acceptors (Lipinski definition) is 1. The highest BCUT2D eigenvalue weighted by molar-refractivity contribution is 7.89. The van der Waals surface area contributed by atoms with Crippen molar-refractivity contribution < 1.29 is 4.21 Å². The van der Waals surface area contributed by atoms with Gasteiger partial charge in [-0.1, -0.05) is 42.7 Å². The lowest BCUT2D eigenvalue weighted by Gasteiger charge is -2.11. The van der Waals surface area contributed by atoms with Gasteiger partial charge in [0.2, 0.25) is 0 Å². The molecule has 0 spiro atoms. The number of benzene rings is 1. The second-order valence-electron chi connectivity index (χ2n) is 4.88. The second kappa shape index (κ2) is 8.11. The van der Waals surface area contributed by atoms with Crippen molar-refractivity contribution >= 4 is 10.8 Å². The maximum Gasteiger partial charge on any atom is 0.0810 e. The number of rotatable bonds is 7. The molecule has 1 aromatic carbocycles. The first-order valence-corrected chi connectivity index (χ1v) is 8.03. The molecule has 0 fully saturated rings. The molecular weight excluding hydrogens is 252 g/mol. The minimum absolute atomic E-state index is 0.704. The standard InChI is InChI=1S/C17H24OS/c1-5-7-9-15(4)17(8-6-2)19(18)16-12-10-14(3)11-13-16/h6,10-13H,2,5,7-9H2,1,3-4H3/b17-15-. The van der Waals surface area contributed by atoms with E-state index < -0.39 is 10.8 Å². The van der Waals surface area contributed by atoms with Crippen LogP contribution in [0.5, 0.6) is 0 Å². The van der Waals surface area contributed by atoms with Crippen molar-refractivity contribution in [2.45, 2.75) is 51.3 Å². The summed E-state index contributed by atoms with van der Waals surface area (Å²) in [7, 11) is -1.05. The Bertz CT molecular complexity index is 469. The summed E-state index contributed by atoms with van der Waals surface area (Å²) < 4.78 is 12.7. The fourth-order valence-electron chi connectivity index (χ4n) is 1.92. The van der Waals surface area contributed by atoms with Gasteiger partial charge >= 0.3 is 0 Å². The third-order valence-corrected chi connectivity index (χ3v) is 4.83. The first-order chi connectivity index (χ1) is 9.10. The van der Waals surface area contributed by atoms with Gasteiger partial charge in [-0.25, -0.2) is 4.21 Å². The van der Waals surface area contributed by atoms with E-state index in [1.54, 1.807) is 0 Å². The van der Waals surface area contributed by atoms with Crippen molar-refractivity contribution in [3.63, 3.8) is 0 Å². The summed E-state index contributed by atoms with van der Waals surface area (Å²) in [5, 5.41) is 0. The Morgan fingerprint density at radius 3 is 2.47 bits per heavy atom. The van der Waals surface area contributed by atoms with Crippen LogP contribution in [0, 0.1) is 6.92 Å². The summed E-state index contributed by atoms with van der Waals surface area (Å²) in [6.07, 6.45) is 5.89. The smallest absolute Gasteiger partial charge is 0.0810 e. The molecule has 104 valence electrons. The summed E-state index contributed by atoms with van der Waals surface area (Å²) in [6.45, 7) is 10.1. The molecule has 0 heterocycles. The molecule has 0 aliphatic carbocycles. The van der Waals surface area contributed by atoms with Crippen molar-refractivity contribution in [2.75, 3.05) is 0 Å². The zero-order chi connectivity index (χ0) is 14.3. The summed E-state index contributed by atoms with van der Waals surface area (Å²) in [5.41, 5.74) is 2.44. The van der Waals surface area contributed by atoms with Crippen LogP contribution in [0.3, 0.4) is 0 Å². The van der Waals surface area contributed by atoms with E-state index in [0.717, 1.165) is 29.1 Å². The maximum atomic E-state index is 12.7. The van der Waals surface area contributed by atoms with E-state index >= 15 is 0 Å². The molecule has 1 aromatic rings. The van der Waals surface area contributed by atoms with E-state index in [-0.39, 0.29) is 0 Å². The lowest BCUT2D eigenvalue weighted by molar-refractivity contribution is 0.685. The molecule has 1 rings (SSSR count). The summed E-state index contributed by atoms with van der Waals surface area (Å²) in [5.74, 6) is 0. The topological polar surface area (TPSA) is 17.1 Å². The molecule has 0 saturated heterocycles. The lowest BCUT2D eigenvalue weighted by atomic mass is 10.1. The SMILES string of the molecule is C=CC/C(=C(\C)CCCC)S(=O)c1ccc(C)cc1. The van der Waals surface area contributed by atoms with Gasteiger partial charge in [0.25, 0.3) is 0 Å². The molecule has 1 atom stereocenters. The lowest BCUT2D eigenvalue weighted by Crippen LogP contribution is -1.99. The van der Waals surface area contributed by atoms with Crippen molar-refractivity contribution in [3.8, 4) is 0 Å². The average Bonchev–Trinajstić information content (AvgIpc) is 2.42. The molecule has 0 aliphatic rings. The molecule has 0 aliphatic heterocycles. The van der Waals surface area contributed by atoms with Crippen LogP contribution in [-0.2, 0) is 10.8 Å². The van der Waals surface area contributed by atoms with Crippen LogP contribution in [0.25, 0.3) is 0 Å². The van der Waals surface area contributed by atoms with Crippen LogP contribution in [0.1, 0.15) is 45.1 Å². The Morgan fingerprint density at radius 1 is 1.32 bits per heavy atom. The van der Waals surface area contributed by atoms with E-state index in [0.29, 0.717) is 6.42 Å². The molecule has 0 saturated carbocycles. The molecule has 1 nitrogen and oxygen atoms in total. The highest BCUT2D eigenvalue weighted by Crippen LogP contribution is 2.24. The minimum Gasteiger partial charge on any atom is -0.249 e. The van der Waals surface area contributed by atoms with Gasteiger partial charge in [-0.3, -0.25) is 0 Å². The van der Waals surface area contributed by atoms with Crippen LogP contribution in [-0.4, -0.2) is 4.21 Å². The van der Waals surface area contributed by atoms with E-state index in [4.69, 9.17) is 0 Å². The Hall–Kier alpha value is -1.15. The summed E-state index contributed by atoms with van der Waals surface area (Å²) in [6, 6.07) is 7.95. The van der Waals surface area contributed by atoms with Gasteiger partial charge in [-0.2, -0.15) is 0 Å². The van der Waals surface area contributed by atoms with Crippen LogP contribution < -0.4 is 0 Å². The quantitative estimate of drug-likeness (QED) is 0.630. The molecule has 0 radical (unpaired) electrons. The number of allylic oxidation sites excluding steroid dienone is 3. The third-order valence-electron chi connectivity index (χ3n) is 3.17. The van der Waals surface area contributed by atoms with Gasteiger partial charge in [0, 0.05) is 9.80 Å². The predicted octanol–water partition coefficient (Wildman–Crippen LogP) is 5.14. The Labute approximate surface area is 119 Å². The number of unbranched alkanes of at least 4 members (excludes halogenated alkanes) is 1. The maximum absolute atomic E-state index is 12.7. The molecule has 19 heavy (non-hydrogen) atoms. The summed E-state index contributed by atoms with van der Waals surface area (Å²) >= 11 is 0. The fraction of sp³-hybridized carbons (Fsp3) is 0.412. The molecule has 0 aromatic heterocycles. The van der Waals surface area contributed by atoms with Crippen LogP contribution in [0.4, 0.5) is 0 Å². The van der Waals surface area contributed by atoms with E-state index in [9.17, 15) is 4.21 Å². The van der Waals surface area contributed by atoms with Crippen LogP contribution in [0.15, 0.2) is 52.3 Å².